The van der Waals surface area contributed by atoms with Crippen molar-refractivity contribution in [3.05, 3.63) is 52.3 Å². The van der Waals surface area contributed by atoms with Gasteiger partial charge in [0.15, 0.2) is 0 Å². The van der Waals surface area contributed by atoms with Crippen LogP contribution in [0.25, 0.3) is 0 Å². The van der Waals surface area contributed by atoms with Crippen LogP contribution in [0.3, 0.4) is 0 Å². The molecule has 0 spiro atoms. The number of hydrogen-bond acceptors (Lipinski definition) is 6. The smallest absolute Gasteiger partial charge is 0.417 e. The van der Waals surface area contributed by atoms with Crippen LogP contribution in [0.2, 0.25) is 5.02 Å². The molecular weight excluding hydrogens is 473 g/mol. The highest BCUT2D eigenvalue weighted by molar-refractivity contribution is 7.99. The Morgan fingerprint density at radius 3 is 2.58 bits per heavy atom. The number of halogens is 4. The third-order valence-electron chi connectivity index (χ3n) is 3.75. The summed E-state index contributed by atoms with van der Waals surface area (Å²) in [5.74, 6) is -0.639. The zero-order chi connectivity index (χ0) is 23.4. The van der Waals surface area contributed by atoms with E-state index in [2.05, 4.69) is 9.38 Å². The maximum absolute atomic E-state index is 13.7. The lowest BCUT2D eigenvalue weighted by Crippen LogP contribution is -2.26. The number of rotatable bonds is 6. The molecule has 0 radical (unpaired) electrons. The summed E-state index contributed by atoms with van der Waals surface area (Å²) >= 11 is 5.28. The van der Waals surface area contributed by atoms with Gasteiger partial charge in [0, 0.05) is 27.7 Å². The van der Waals surface area contributed by atoms with Crippen LogP contribution in [0.4, 0.5) is 13.2 Å². The average Bonchev–Trinajstić information content (AvgIpc) is 2.66. The second kappa shape index (κ2) is 10.2. The van der Waals surface area contributed by atoms with Crippen molar-refractivity contribution < 1.29 is 27.3 Å². The summed E-state index contributed by atoms with van der Waals surface area (Å²) in [5.41, 5.74) is -1.20. The number of pyridine rings is 1. The molecule has 0 fully saturated rings. The first-order valence-corrected chi connectivity index (χ1v) is 11.3. The van der Waals surface area contributed by atoms with Crippen molar-refractivity contribution in [1.29, 1.82) is 0 Å². The Kier molecular flexibility index (Phi) is 8.43. The molecule has 31 heavy (non-hydrogen) atoms. The van der Waals surface area contributed by atoms with E-state index in [4.69, 9.17) is 16.3 Å². The van der Waals surface area contributed by atoms with Crippen molar-refractivity contribution in [1.82, 2.24) is 4.98 Å². The first-order chi connectivity index (χ1) is 14.4. The van der Waals surface area contributed by atoms with Crippen LogP contribution in [0, 0.1) is 0 Å². The molecule has 5 nitrogen and oxygen atoms in total. The third kappa shape index (κ3) is 6.61. The summed E-state index contributed by atoms with van der Waals surface area (Å²) in [6, 6.07) is 3.36. The van der Waals surface area contributed by atoms with Crippen LogP contribution in [0.5, 0.6) is 0 Å². The molecule has 1 unspecified atom stereocenters. The molecule has 0 bridgehead atoms. The second-order valence-electron chi connectivity index (χ2n) is 7.13. The van der Waals surface area contributed by atoms with E-state index in [-0.39, 0.29) is 32.5 Å². The van der Waals surface area contributed by atoms with Gasteiger partial charge in [-0.25, -0.2) is 4.79 Å². The summed E-state index contributed by atoms with van der Waals surface area (Å²) in [6.45, 7) is 6.73. The highest BCUT2D eigenvalue weighted by Crippen LogP contribution is 2.42. The quantitative estimate of drug-likeness (QED) is 0.282. The largest absolute Gasteiger partial charge is 0.591 e. The average molecular weight is 493 g/mol. The Balaban J connectivity index is 2.63. The highest BCUT2D eigenvalue weighted by Gasteiger charge is 2.35. The summed E-state index contributed by atoms with van der Waals surface area (Å²) in [6.07, 6.45) is -1.08. The van der Waals surface area contributed by atoms with E-state index in [0.29, 0.717) is 0 Å². The fourth-order valence-corrected chi connectivity index (χ4v) is 4.09. The van der Waals surface area contributed by atoms with Crippen molar-refractivity contribution in [3.63, 3.8) is 0 Å². The lowest BCUT2D eigenvalue weighted by atomic mass is 10.1. The molecule has 1 aromatic carbocycles. The summed E-state index contributed by atoms with van der Waals surface area (Å²) < 4.78 is 61.4. The van der Waals surface area contributed by atoms with Gasteiger partial charge >= 0.3 is 12.1 Å². The molecule has 0 saturated carbocycles. The Bertz CT molecular complexity index is 979. The maximum atomic E-state index is 13.7. The molecule has 0 N–H and O–H groups in total. The van der Waals surface area contributed by atoms with E-state index >= 15 is 0 Å². The van der Waals surface area contributed by atoms with E-state index in [1.807, 2.05) is 0 Å². The Hall–Kier alpha value is -1.75. The topological polar surface area (TPSA) is 74.6 Å². The van der Waals surface area contributed by atoms with E-state index in [9.17, 15) is 22.5 Å². The number of benzene rings is 1. The van der Waals surface area contributed by atoms with Crippen LogP contribution in [-0.2, 0) is 22.3 Å². The van der Waals surface area contributed by atoms with Gasteiger partial charge in [0.2, 0.25) is 0 Å². The normalized spacial score (nSPS) is 13.5. The molecular formula is C20H20ClF3N2O3S2. The molecule has 11 heteroatoms. The van der Waals surface area contributed by atoms with Gasteiger partial charge < -0.3 is 9.29 Å². The number of alkyl halides is 3. The first kappa shape index (κ1) is 25.5. The summed E-state index contributed by atoms with van der Waals surface area (Å²) in [4.78, 5) is 16.4. The van der Waals surface area contributed by atoms with E-state index in [0.717, 1.165) is 30.1 Å². The standard InChI is InChI=1S/C20H20ClF3N2O3S2/c1-5-29-18(27)12-8-9-25-11-16(12)30-17-13(10-26-31(28)19(2,3)4)14(20(22,23)24)6-7-15(17)21/h6-11H,5H2,1-4H3/b26-10+. The zero-order valence-corrected chi connectivity index (χ0v) is 19.5. The van der Waals surface area contributed by atoms with E-state index in [1.165, 1.54) is 18.5 Å². The lowest BCUT2D eigenvalue weighted by molar-refractivity contribution is -0.137. The second-order valence-corrected chi connectivity index (χ2v) is 10.5. The summed E-state index contributed by atoms with van der Waals surface area (Å²) in [5, 5.41) is 0.0136. The van der Waals surface area contributed by atoms with Gasteiger partial charge in [0.1, 0.15) is 16.1 Å². The number of carbonyl (C=O) groups is 1. The van der Waals surface area contributed by atoms with Gasteiger partial charge in [-0.3, -0.25) is 4.98 Å². The third-order valence-corrected chi connectivity index (χ3v) is 6.71. The first-order valence-electron chi connectivity index (χ1n) is 9.01. The van der Waals surface area contributed by atoms with Crippen LogP contribution < -0.4 is 0 Å². The SMILES string of the molecule is CCOC(=O)c1ccncc1Sc1c(Cl)ccc(C(F)(F)F)c1/C=N/[S+]([O-])C(C)(C)C. The minimum atomic E-state index is -4.70. The number of hydrogen-bond donors (Lipinski definition) is 0. The molecule has 0 saturated heterocycles. The number of aromatic nitrogens is 1. The molecule has 1 atom stereocenters. The minimum absolute atomic E-state index is 0.00435. The predicted octanol–water partition coefficient (Wildman–Crippen LogP) is 5.96. The molecule has 1 aromatic heterocycles. The predicted molar refractivity (Wildman–Crippen MR) is 116 cm³/mol. The van der Waals surface area contributed by atoms with Gasteiger partial charge in [-0.15, -0.1) is 0 Å². The number of esters is 1. The van der Waals surface area contributed by atoms with Gasteiger partial charge in [-0.2, -0.15) is 13.2 Å². The Morgan fingerprint density at radius 2 is 2.00 bits per heavy atom. The van der Waals surface area contributed by atoms with Crippen molar-refractivity contribution in [2.75, 3.05) is 6.61 Å². The minimum Gasteiger partial charge on any atom is -0.591 e. The fraction of sp³-hybridized carbons (Fsp3) is 0.350. The number of ether oxygens (including phenoxy) is 1. The molecule has 0 amide bonds. The van der Waals surface area contributed by atoms with E-state index < -0.39 is 33.8 Å². The number of nitrogens with zero attached hydrogens (tertiary/aromatic N) is 2. The summed E-state index contributed by atoms with van der Waals surface area (Å²) in [7, 11) is 0. The highest BCUT2D eigenvalue weighted by atomic mass is 35.5. The van der Waals surface area contributed by atoms with Crippen LogP contribution in [0.1, 0.15) is 49.2 Å². The van der Waals surface area contributed by atoms with Crippen molar-refractivity contribution in [3.8, 4) is 0 Å². The molecule has 168 valence electrons. The van der Waals surface area contributed by atoms with Crippen LogP contribution in [0.15, 0.2) is 44.8 Å². The van der Waals surface area contributed by atoms with Gasteiger partial charge in [0.25, 0.3) is 0 Å². The molecule has 0 aliphatic rings. The van der Waals surface area contributed by atoms with Crippen LogP contribution in [-0.4, -0.2) is 33.1 Å². The van der Waals surface area contributed by atoms with Gasteiger partial charge in [-0.1, -0.05) is 27.8 Å². The molecule has 0 aliphatic heterocycles. The van der Waals surface area contributed by atoms with Crippen LogP contribution >= 0.6 is 23.4 Å². The molecule has 0 aliphatic carbocycles. The van der Waals surface area contributed by atoms with Gasteiger partial charge in [0.05, 0.1) is 29.0 Å². The number of carbonyl (C=O) groups excluding carboxylic acids is 1. The fourth-order valence-electron chi connectivity index (χ4n) is 2.26. The maximum Gasteiger partial charge on any atom is 0.417 e. The molecule has 1 heterocycles. The van der Waals surface area contributed by atoms with E-state index in [1.54, 1.807) is 27.7 Å². The Labute approximate surface area is 190 Å². The van der Waals surface area contributed by atoms with Gasteiger partial charge in [-0.05, 0) is 45.9 Å². The van der Waals surface area contributed by atoms with Crippen molar-refractivity contribution >= 4 is 46.9 Å². The zero-order valence-electron chi connectivity index (χ0n) is 17.1. The molecule has 2 aromatic rings. The molecule has 2 rings (SSSR count). The monoisotopic (exact) mass is 492 g/mol. The lowest BCUT2D eigenvalue weighted by Gasteiger charge is -2.19. The Morgan fingerprint density at radius 1 is 1.32 bits per heavy atom. The van der Waals surface area contributed by atoms with Crippen molar-refractivity contribution in [2.45, 2.75) is 48.4 Å². The van der Waals surface area contributed by atoms with Crippen molar-refractivity contribution in [2.24, 2.45) is 4.40 Å².